The summed E-state index contributed by atoms with van der Waals surface area (Å²) in [5.41, 5.74) is -0.0381. The smallest absolute Gasteiger partial charge is 0.353 e. The van der Waals surface area contributed by atoms with Gasteiger partial charge in [-0.25, -0.2) is 4.79 Å². The van der Waals surface area contributed by atoms with Gasteiger partial charge in [0.2, 0.25) is 5.91 Å². The van der Waals surface area contributed by atoms with Crippen LogP contribution in [0.2, 0.25) is 0 Å². The average Bonchev–Trinajstić information content (AvgIpc) is 2.66. The Hall–Kier alpha value is -1.85. The average molecular weight is 225 g/mol. The molecule has 0 aliphatic heterocycles. The maximum Gasteiger partial charge on any atom is 0.353 e. The maximum atomic E-state index is 11.4. The van der Waals surface area contributed by atoms with Gasteiger partial charge in [0.25, 0.3) is 0 Å². The van der Waals surface area contributed by atoms with E-state index in [4.69, 9.17) is 5.11 Å². The Bertz CT molecular complexity index is 373. The van der Waals surface area contributed by atoms with Crippen LogP contribution in [-0.2, 0) is 4.79 Å². The quantitative estimate of drug-likeness (QED) is 0.641. The van der Waals surface area contributed by atoms with Gasteiger partial charge in [-0.2, -0.15) is 5.10 Å². The lowest BCUT2D eigenvalue weighted by Crippen LogP contribution is -2.11. The van der Waals surface area contributed by atoms with Crippen LogP contribution in [0.1, 0.15) is 43.1 Å². The molecule has 0 unspecified atom stereocenters. The Morgan fingerprint density at radius 1 is 1.50 bits per heavy atom. The Labute approximate surface area is 93.1 Å². The summed E-state index contributed by atoms with van der Waals surface area (Å²) in [7, 11) is 0. The topological polar surface area (TPSA) is 95.1 Å². The molecule has 6 nitrogen and oxygen atoms in total. The molecule has 1 aromatic rings. The van der Waals surface area contributed by atoms with Gasteiger partial charge in [-0.3, -0.25) is 9.89 Å². The number of nitrogens with zero attached hydrogens (tertiary/aromatic N) is 1. The molecule has 3 N–H and O–H groups in total. The zero-order valence-corrected chi connectivity index (χ0v) is 9.12. The van der Waals surface area contributed by atoms with E-state index in [1.165, 1.54) is 6.07 Å². The monoisotopic (exact) mass is 225 g/mol. The summed E-state index contributed by atoms with van der Waals surface area (Å²) in [4.78, 5) is 21.9. The van der Waals surface area contributed by atoms with E-state index in [1.54, 1.807) is 0 Å². The van der Waals surface area contributed by atoms with Crippen molar-refractivity contribution in [3.05, 3.63) is 11.8 Å². The normalized spacial score (nSPS) is 10.1. The van der Waals surface area contributed by atoms with Gasteiger partial charge in [0.1, 0.15) is 5.69 Å². The van der Waals surface area contributed by atoms with Crippen molar-refractivity contribution < 1.29 is 14.7 Å². The molecule has 0 aliphatic rings. The highest BCUT2D eigenvalue weighted by atomic mass is 16.4. The fraction of sp³-hybridized carbons (Fsp3) is 0.500. The highest BCUT2D eigenvalue weighted by Gasteiger charge is 2.09. The number of carboxylic acid groups (broad SMARTS) is 1. The van der Waals surface area contributed by atoms with Gasteiger partial charge in [-0.15, -0.1) is 0 Å². The molecule has 88 valence electrons. The SMILES string of the molecule is CCCCCC(=O)Nc1cc(C(=O)O)[nH]n1. The number of nitrogens with one attached hydrogen (secondary N) is 2. The standard InChI is InChI=1S/C10H15N3O3/c1-2-3-4-5-9(14)11-8-6-7(10(15)16)12-13-8/h6H,2-5H2,1H3,(H,15,16)(H2,11,12,13,14). The van der Waals surface area contributed by atoms with Crippen molar-refractivity contribution in [2.45, 2.75) is 32.6 Å². The van der Waals surface area contributed by atoms with E-state index in [9.17, 15) is 9.59 Å². The third-order valence-corrected chi connectivity index (χ3v) is 2.08. The van der Waals surface area contributed by atoms with Gasteiger partial charge in [-0.1, -0.05) is 19.8 Å². The molecule has 6 heteroatoms. The Kier molecular flexibility index (Phi) is 4.50. The van der Waals surface area contributed by atoms with Crippen LogP contribution in [0.5, 0.6) is 0 Å². The number of H-pyrrole nitrogens is 1. The summed E-state index contributed by atoms with van der Waals surface area (Å²) in [6, 6.07) is 1.29. The van der Waals surface area contributed by atoms with Crippen LogP contribution in [0.15, 0.2) is 6.07 Å². The summed E-state index contributed by atoms with van der Waals surface area (Å²) in [5.74, 6) is -0.991. The molecule has 0 aromatic carbocycles. The predicted molar refractivity (Wildman–Crippen MR) is 58.3 cm³/mol. The third-order valence-electron chi connectivity index (χ3n) is 2.08. The van der Waals surface area contributed by atoms with Crippen LogP contribution in [0.25, 0.3) is 0 Å². The van der Waals surface area contributed by atoms with E-state index in [2.05, 4.69) is 22.4 Å². The highest BCUT2D eigenvalue weighted by Crippen LogP contribution is 2.07. The molecule has 0 bridgehead atoms. The molecule has 16 heavy (non-hydrogen) atoms. The molecule has 1 aromatic heterocycles. The number of anilines is 1. The van der Waals surface area contributed by atoms with Gasteiger partial charge in [-0.05, 0) is 6.42 Å². The fourth-order valence-electron chi connectivity index (χ4n) is 1.24. The largest absolute Gasteiger partial charge is 0.477 e. The van der Waals surface area contributed by atoms with E-state index in [-0.39, 0.29) is 17.4 Å². The van der Waals surface area contributed by atoms with E-state index in [0.717, 1.165) is 19.3 Å². The second kappa shape index (κ2) is 5.89. The first-order chi connectivity index (χ1) is 7.63. The molecule has 1 amide bonds. The van der Waals surface area contributed by atoms with Crippen LogP contribution in [0, 0.1) is 0 Å². The van der Waals surface area contributed by atoms with Gasteiger partial charge in [0, 0.05) is 12.5 Å². The minimum Gasteiger partial charge on any atom is -0.477 e. The Morgan fingerprint density at radius 3 is 2.81 bits per heavy atom. The first kappa shape index (κ1) is 12.2. The van der Waals surface area contributed by atoms with Gasteiger partial charge < -0.3 is 10.4 Å². The maximum absolute atomic E-state index is 11.4. The van der Waals surface area contributed by atoms with Gasteiger partial charge in [0.05, 0.1) is 0 Å². The predicted octanol–water partition coefficient (Wildman–Crippen LogP) is 1.63. The second-order valence-corrected chi connectivity index (χ2v) is 3.48. The zero-order chi connectivity index (χ0) is 12.0. The van der Waals surface area contributed by atoms with Gasteiger partial charge >= 0.3 is 5.97 Å². The molecule has 0 radical (unpaired) electrons. The molecule has 0 aliphatic carbocycles. The van der Waals surface area contributed by atoms with Crippen LogP contribution < -0.4 is 5.32 Å². The van der Waals surface area contributed by atoms with Crippen LogP contribution in [0.3, 0.4) is 0 Å². The molecule has 1 rings (SSSR count). The van der Waals surface area contributed by atoms with E-state index >= 15 is 0 Å². The number of carboxylic acids is 1. The summed E-state index contributed by atoms with van der Waals surface area (Å²) in [6.45, 7) is 2.06. The van der Waals surface area contributed by atoms with Crippen LogP contribution >= 0.6 is 0 Å². The second-order valence-electron chi connectivity index (χ2n) is 3.48. The lowest BCUT2D eigenvalue weighted by Gasteiger charge is -2.00. The molecule has 0 atom stereocenters. The number of carbonyl (C=O) groups excluding carboxylic acids is 1. The number of rotatable bonds is 6. The van der Waals surface area contributed by atoms with E-state index < -0.39 is 5.97 Å². The van der Waals surface area contributed by atoms with Crippen molar-refractivity contribution in [1.82, 2.24) is 10.2 Å². The number of hydrogen-bond acceptors (Lipinski definition) is 3. The van der Waals surface area contributed by atoms with Crippen LogP contribution in [-0.4, -0.2) is 27.2 Å². The lowest BCUT2D eigenvalue weighted by atomic mass is 10.2. The number of aromatic carboxylic acids is 1. The van der Waals surface area contributed by atoms with Crippen molar-refractivity contribution in [2.75, 3.05) is 5.32 Å². The summed E-state index contributed by atoms with van der Waals surface area (Å²) >= 11 is 0. The molecular weight excluding hydrogens is 210 g/mol. The van der Waals surface area contributed by atoms with Crippen molar-refractivity contribution in [1.29, 1.82) is 0 Å². The summed E-state index contributed by atoms with van der Waals surface area (Å²) in [6.07, 6.45) is 3.33. The minimum absolute atomic E-state index is 0.0381. The van der Waals surface area contributed by atoms with Crippen molar-refractivity contribution in [3.8, 4) is 0 Å². The number of carbonyl (C=O) groups is 2. The number of aromatic amines is 1. The van der Waals surface area contributed by atoms with E-state index in [0.29, 0.717) is 6.42 Å². The first-order valence-corrected chi connectivity index (χ1v) is 5.22. The number of aromatic nitrogens is 2. The molecule has 0 fully saturated rings. The van der Waals surface area contributed by atoms with Crippen molar-refractivity contribution >= 4 is 17.7 Å². The third kappa shape index (κ3) is 3.72. The van der Waals surface area contributed by atoms with Gasteiger partial charge in [0.15, 0.2) is 5.82 Å². The number of hydrogen-bond donors (Lipinski definition) is 3. The molecule has 0 spiro atoms. The van der Waals surface area contributed by atoms with Crippen molar-refractivity contribution in [3.63, 3.8) is 0 Å². The molecule has 1 heterocycles. The zero-order valence-electron chi connectivity index (χ0n) is 9.12. The summed E-state index contributed by atoms with van der Waals surface area (Å²) < 4.78 is 0. The number of unbranched alkanes of at least 4 members (excludes halogenated alkanes) is 2. The summed E-state index contributed by atoms with van der Waals surface area (Å²) in [5, 5.41) is 17.1. The molecule has 0 saturated carbocycles. The Morgan fingerprint density at radius 2 is 2.25 bits per heavy atom. The number of amides is 1. The lowest BCUT2D eigenvalue weighted by molar-refractivity contribution is -0.116. The highest BCUT2D eigenvalue weighted by molar-refractivity contribution is 5.92. The molecule has 0 saturated heterocycles. The first-order valence-electron chi connectivity index (χ1n) is 5.22. The van der Waals surface area contributed by atoms with Crippen LogP contribution in [0.4, 0.5) is 5.82 Å². The fourth-order valence-corrected chi connectivity index (χ4v) is 1.24. The van der Waals surface area contributed by atoms with E-state index in [1.807, 2.05) is 0 Å². The Balaban J connectivity index is 2.40. The molecular formula is C10H15N3O3. The minimum atomic E-state index is -1.10. The van der Waals surface area contributed by atoms with Crippen molar-refractivity contribution in [2.24, 2.45) is 0 Å².